The van der Waals surface area contributed by atoms with Gasteiger partial charge in [0, 0.05) is 5.02 Å². The first-order valence-electron chi connectivity index (χ1n) is 5.38. The van der Waals surface area contributed by atoms with Gasteiger partial charge < -0.3 is 5.11 Å². The van der Waals surface area contributed by atoms with E-state index in [9.17, 15) is 13.9 Å². The molecule has 0 amide bonds. The Morgan fingerprint density at radius 2 is 1.78 bits per heavy atom. The zero-order chi connectivity index (χ0) is 13.3. The Bertz CT molecular complexity index is 584. The summed E-state index contributed by atoms with van der Waals surface area (Å²) < 4.78 is 25.9. The van der Waals surface area contributed by atoms with Crippen LogP contribution >= 0.6 is 11.6 Å². The molecule has 1 nitrogen and oxygen atoms in total. The van der Waals surface area contributed by atoms with Crippen LogP contribution in [-0.4, -0.2) is 5.11 Å². The molecule has 1 atom stereocenters. The fourth-order valence-corrected chi connectivity index (χ4v) is 2.03. The van der Waals surface area contributed by atoms with Crippen molar-refractivity contribution in [1.82, 2.24) is 0 Å². The molecule has 4 heteroatoms. The van der Waals surface area contributed by atoms with Gasteiger partial charge in [-0.3, -0.25) is 0 Å². The number of aliphatic hydroxyl groups is 1. The fraction of sp³-hybridized carbons (Fsp3) is 0.143. The highest BCUT2D eigenvalue weighted by atomic mass is 35.5. The van der Waals surface area contributed by atoms with Crippen LogP contribution in [0.3, 0.4) is 0 Å². The SMILES string of the molecule is Cc1cc(Cl)ccc1C(O)c1ccc(F)c(F)c1. The quantitative estimate of drug-likeness (QED) is 0.873. The molecule has 0 spiro atoms. The summed E-state index contributed by atoms with van der Waals surface area (Å²) in [5, 5.41) is 10.7. The lowest BCUT2D eigenvalue weighted by atomic mass is 9.97. The first kappa shape index (κ1) is 13.0. The molecular formula is C14H11ClF2O. The number of halogens is 3. The third-order valence-electron chi connectivity index (χ3n) is 2.79. The minimum Gasteiger partial charge on any atom is -0.384 e. The van der Waals surface area contributed by atoms with Crippen LogP contribution in [0.2, 0.25) is 5.02 Å². The van der Waals surface area contributed by atoms with Crippen molar-refractivity contribution in [1.29, 1.82) is 0 Å². The van der Waals surface area contributed by atoms with Crippen molar-refractivity contribution >= 4 is 11.6 Å². The molecule has 0 radical (unpaired) electrons. The summed E-state index contributed by atoms with van der Waals surface area (Å²) in [6.07, 6.45) is -1.00. The summed E-state index contributed by atoms with van der Waals surface area (Å²) in [6.45, 7) is 1.80. The van der Waals surface area contributed by atoms with E-state index in [1.54, 1.807) is 25.1 Å². The number of aliphatic hydroxyl groups excluding tert-OH is 1. The fourth-order valence-electron chi connectivity index (χ4n) is 1.81. The topological polar surface area (TPSA) is 20.2 Å². The highest BCUT2D eigenvalue weighted by Crippen LogP contribution is 2.27. The lowest BCUT2D eigenvalue weighted by Crippen LogP contribution is -2.03. The molecule has 0 saturated heterocycles. The van der Waals surface area contributed by atoms with Gasteiger partial charge in [-0.15, -0.1) is 0 Å². The average Bonchev–Trinajstić information content (AvgIpc) is 2.32. The van der Waals surface area contributed by atoms with E-state index in [0.29, 0.717) is 16.1 Å². The van der Waals surface area contributed by atoms with Gasteiger partial charge in [0.2, 0.25) is 0 Å². The summed E-state index contributed by atoms with van der Waals surface area (Å²) in [4.78, 5) is 0. The van der Waals surface area contributed by atoms with Gasteiger partial charge in [-0.25, -0.2) is 8.78 Å². The van der Waals surface area contributed by atoms with Crippen LogP contribution in [-0.2, 0) is 0 Å². The van der Waals surface area contributed by atoms with Crippen LogP contribution in [0.25, 0.3) is 0 Å². The molecule has 0 aromatic heterocycles. The van der Waals surface area contributed by atoms with Crippen molar-refractivity contribution in [2.45, 2.75) is 13.0 Å². The first-order valence-corrected chi connectivity index (χ1v) is 5.76. The standard InChI is InChI=1S/C14H11ClF2O/c1-8-6-10(15)3-4-11(8)14(18)9-2-5-12(16)13(17)7-9/h2-7,14,18H,1H3. The molecule has 0 aliphatic carbocycles. The van der Waals surface area contributed by atoms with Gasteiger partial charge in [-0.05, 0) is 47.9 Å². The van der Waals surface area contributed by atoms with Crippen LogP contribution in [0.15, 0.2) is 36.4 Å². The molecule has 0 aliphatic heterocycles. The summed E-state index contributed by atoms with van der Waals surface area (Å²) in [5.74, 6) is -1.91. The van der Waals surface area contributed by atoms with E-state index in [4.69, 9.17) is 11.6 Å². The predicted molar refractivity (Wildman–Crippen MR) is 66.6 cm³/mol. The summed E-state index contributed by atoms with van der Waals surface area (Å²) in [7, 11) is 0. The Morgan fingerprint density at radius 3 is 2.39 bits per heavy atom. The number of hydrogen-bond acceptors (Lipinski definition) is 1. The van der Waals surface area contributed by atoms with Gasteiger partial charge in [0.1, 0.15) is 6.10 Å². The van der Waals surface area contributed by atoms with Gasteiger partial charge in [0.15, 0.2) is 11.6 Å². The molecule has 0 heterocycles. The second-order valence-corrected chi connectivity index (χ2v) is 4.51. The maximum Gasteiger partial charge on any atom is 0.159 e. The smallest absolute Gasteiger partial charge is 0.159 e. The molecule has 0 aliphatic rings. The Hall–Kier alpha value is -1.45. The van der Waals surface area contributed by atoms with Gasteiger partial charge in [0.05, 0.1) is 0 Å². The number of benzene rings is 2. The van der Waals surface area contributed by atoms with Gasteiger partial charge >= 0.3 is 0 Å². The molecule has 1 unspecified atom stereocenters. The molecule has 0 fully saturated rings. The van der Waals surface area contributed by atoms with Gasteiger partial charge in [0.25, 0.3) is 0 Å². The van der Waals surface area contributed by atoms with Gasteiger partial charge in [-0.2, -0.15) is 0 Å². The Labute approximate surface area is 109 Å². The molecule has 1 N–H and O–H groups in total. The van der Waals surface area contributed by atoms with Crippen molar-refractivity contribution in [3.63, 3.8) is 0 Å². The highest BCUT2D eigenvalue weighted by molar-refractivity contribution is 6.30. The van der Waals surface area contributed by atoms with Crippen molar-refractivity contribution < 1.29 is 13.9 Å². The molecule has 2 rings (SSSR count). The molecule has 94 valence electrons. The van der Waals surface area contributed by atoms with Crippen LogP contribution in [0, 0.1) is 18.6 Å². The zero-order valence-corrected chi connectivity index (χ0v) is 10.4. The summed E-state index contributed by atoms with van der Waals surface area (Å²) in [6, 6.07) is 8.38. The molecule has 2 aromatic carbocycles. The number of hydrogen-bond donors (Lipinski definition) is 1. The molecular weight excluding hydrogens is 258 g/mol. The Kier molecular flexibility index (Phi) is 3.64. The van der Waals surface area contributed by atoms with Crippen LogP contribution in [0.1, 0.15) is 22.8 Å². The van der Waals surface area contributed by atoms with E-state index in [1.165, 1.54) is 6.07 Å². The summed E-state index contributed by atoms with van der Waals surface area (Å²) >= 11 is 5.82. The van der Waals surface area contributed by atoms with E-state index in [1.807, 2.05) is 0 Å². The van der Waals surface area contributed by atoms with Crippen molar-refractivity contribution in [3.8, 4) is 0 Å². The van der Waals surface area contributed by atoms with E-state index in [2.05, 4.69) is 0 Å². The highest BCUT2D eigenvalue weighted by Gasteiger charge is 2.15. The minimum absolute atomic E-state index is 0.305. The normalized spacial score (nSPS) is 12.5. The summed E-state index contributed by atoms with van der Waals surface area (Å²) in [5.41, 5.74) is 1.71. The van der Waals surface area contributed by atoms with Crippen LogP contribution < -0.4 is 0 Å². The number of aryl methyl sites for hydroxylation is 1. The largest absolute Gasteiger partial charge is 0.384 e. The Balaban J connectivity index is 2.41. The first-order chi connectivity index (χ1) is 8.49. The Morgan fingerprint density at radius 1 is 1.06 bits per heavy atom. The molecule has 0 bridgehead atoms. The lowest BCUT2D eigenvalue weighted by molar-refractivity contribution is 0.219. The maximum atomic E-state index is 13.1. The molecule has 2 aromatic rings. The second kappa shape index (κ2) is 5.04. The van der Waals surface area contributed by atoms with E-state index < -0.39 is 17.7 Å². The monoisotopic (exact) mass is 268 g/mol. The zero-order valence-electron chi connectivity index (χ0n) is 9.62. The number of rotatable bonds is 2. The minimum atomic E-state index is -1.00. The van der Waals surface area contributed by atoms with E-state index in [0.717, 1.165) is 17.7 Å². The average molecular weight is 269 g/mol. The third kappa shape index (κ3) is 2.52. The van der Waals surface area contributed by atoms with E-state index >= 15 is 0 Å². The van der Waals surface area contributed by atoms with Gasteiger partial charge in [-0.1, -0.05) is 23.7 Å². The van der Waals surface area contributed by atoms with Crippen molar-refractivity contribution in [2.24, 2.45) is 0 Å². The third-order valence-corrected chi connectivity index (χ3v) is 3.02. The second-order valence-electron chi connectivity index (χ2n) is 4.08. The molecule has 0 saturated carbocycles. The van der Waals surface area contributed by atoms with Crippen LogP contribution in [0.5, 0.6) is 0 Å². The van der Waals surface area contributed by atoms with E-state index in [-0.39, 0.29) is 0 Å². The van der Waals surface area contributed by atoms with Crippen molar-refractivity contribution in [3.05, 3.63) is 69.7 Å². The maximum absolute atomic E-state index is 13.1. The lowest BCUT2D eigenvalue weighted by Gasteiger charge is -2.14. The van der Waals surface area contributed by atoms with Crippen molar-refractivity contribution in [2.75, 3.05) is 0 Å². The molecule has 18 heavy (non-hydrogen) atoms. The van der Waals surface area contributed by atoms with Crippen LogP contribution in [0.4, 0.5) is 8.78 Å². The predicted octanol–water partition coefficient (Wildman–Crippen LogP) is 4.01.